The highest BCUT2D eigenvalue weighted by Crippen LogP contribution is 0.469. The normalized spacial score (nSPS) is 1.00. The fourth-order valence-corrected chi connectivity index (χ4v) is 0. The summed E-state index contributed by atoms with van der Waals surface area (Å²) in [6.45, 7) is 0. The topological polar surface area (TPSA) is 52.1 Å². The van der Waals surface area contributed by atoms with Crippen molar-refractivity contribution in [2.45, 2.75) is 0 Å². The van der Waals surface area contributed by atoms with Crippen LogP contribution in [0.15, 0.2) is 0 Å². The number of hydrogen-bond donors (Lipinski definition) is 1. The van der Waals surface area contributed by atoms with Crippen LogP contribution in [0.25, 0.3) is 0 Å². The lowest BCUT2D eigenvalue weighted by atomic mass is 14.0. The molecule has 6 radical (unpaired) electrons. The smallest absolute Gasteiger partial charge is 0.381 e. The third-order valence-electron chi connectivity index (χ3n) is 0. The van der Waals surface area contributed by atoms with Crippen molar-refractivity contribution in [3.8, 4) is 0 Å². The second-order valence-corrected chi connectivity index (χ2v) is 0. The highest BCUT2D eigenvalue weighted by atomic mass is 28.1. The van der Waals surface area contributed by atoms with Crippen molar-refractivity contribution in [2.24, 2.45) is 0 Å². The van der Waals surface area contributed by atoms with Crippen LogP contribution in [0.4, 0.5) is 0 Å². The molecule has 2 nitrogen and oxygen atoms in total. The third-order valence-corrected chi connectivity index (χ3v) is 0. The summed E-state index contributed by atoms with van der Waals surface area (Å²) < 4.78 is 8.06. The molecule has 0 unspecified atom stereocenters. The monoisotopic (exact) mass is 89.0 g/mol. The van der Waals surface area contributed by atoms with Crippen LogP contribution in [0.1, 0.15) is 0 Å². The van der Waals surface area contributed by atoms with E-state index < -0.39 is 0 Å². The summed E-state index contributed by atoms with van der Waals surface area (Å²) in [7, 11) is 1.72. The number of rotatable bonds is 0. The molecular formula is H3NOSi2. The molecule has 0 fully saturated rings. The van der Waals surface area contributed by atoms with Crippen LogP contribution in [0.3, 0.4) is 0 Å². The van der Waals surface area contributed by atoms with Crippen molar-refractivity contribution in [1.29, 1.82) is 0 Å². The van der Waals surface area contributed by atoms with Crippen molar-refractivity contribution < 1.29 is 4.46 Å². The highest BCUT2D eigenvalue weighted by Gasteiger charge is 0.803. The number of hydrogen-bond acceptors (Lipinski definition) is 2. The predicted molar refractivity (Wildman–Crippen MR) is 17.2 cm³/mol. The Balaban J connectivity index is -0.00000000500. The molecule has 4 heavy (non-hydrogen) atoms. The van der Waals surface area contributed by atoms with E-state index in [9.17, 15) is 0 Å². The predicted octanol–water partition coefficient (Wildman–Crippen LogP) is -0.718. The molecule has 0 bridgehead atoms. The molecule has 0 rings (SSSR count). The highest BCUT2D eigenvalue weighted by molar-refractivity contribution is 5.85. The third kappa shape index (κ3) is 83.3. The lowest BCUT2D eigenvalue weighted by Gasteiger charge is -0.803. The van der Waals surface area contributed by atoms with Gasteiger partial charge in [-0.05, 0) is 0 Å². The van der Waals surface area contributed by atoms with Crippen molar-refractivity contribution >= 4 is 21.1 Å². The quantitative estimate of drug-likeness (QED) is 0.398. The zero-order valence-electron chi connectivity index (χ0n) is 2.12. The maximum Gasteiger partial charge on any atom is 0.381 e. The Bertz CT molecular complexity index is 6.00. The molecule has 0 aliphatic rings. The Morgan fingerprint density at radius 3 is 1.25 bits per heavy atom. The molecule has 0 amide bonds. The first-order valence-electron chi connectivity index (χ1n) is 0.204. The SMILES string of the molecule is N.O=[Si].[Si]. The molecule has 0 aliphatic heterocycles. The van der Waals surface area contributed by atoms with Crippen molar-refractivity contribution in [3.05, 3.63) is 0 Å². The lowest BCUT2D eigenvalue weighted by molar-refractivity contribution is 0.590. The Kier molecular flexibility index (Phi) is 3070. The Morgan fingerprint density at radius 2 is 1.25 bits per heavy atom. The van der Waals surface area contributed by atoms with Gasteiger partial charge in [-0.15, -0.1) is 0 Å². The fraction of sp³-hybridized carbons (Fsp3) is 0. The first-order chi connectivity index (χ1) is 1.00. The molecule has 4 heteroatoms. The summed E-state index contributed by atoms with van der Waals surface area (Å²) in [6, 6.07) is 0. The molecule has 0 aliphatic carbocycles. The van der Waals surface area contributed by atoms with Gasteiger partial charge in [0.05, 0.1) is 0 Å². The van der Waals surface area contributed by atoms with Crippen molar-refractivity contribution in [2.75, 3.05) is 0 Å². The molecule has 3 N–H and O–H groups in total. The summed E-state index contributed by atoms with van der Waals surface area (Å²) >= 11 is 0. The Labute approximate surface area is 32.7 Å². The van der Waals surface area contributed by atoms with Gasteiger partial charge in [0, 0.05) is 11.0 Å². The van der Waals surface area contributed by atoms with Gasteiger partial charge in [-0.1, -0.05) is 0 Å². The van der Waals surface area contributed by atoms with Crippen LogP contribution in [0.2, 0.25) is 0 Å². The van der Waals surface area contributed by atoms with E-state index in [0.717, 1.165) is 0 Å². The van der Waals surface area contributed by atoms with E-state index in [-0.39, 0.29) is 17.1 Å². The molecule has 0 aromatic carbocycles. The Hall–Kier alpha value is 0.194. The minimum Gasteiger partial charge on any atom is -0.381 e. The summed E-state index contributed by atoms with van der Waals surface area (Å²) in [5.41, 5.74) is 0. The van der Waals surface area contributed by atoms with Gasteiger partial charge in [-0.3, -0.25) is 0 Å². The molecule has 0 heterocycles. The van der Waals surface area contributed by atoms with Crippen LogP contribution < -0.4 is 6.15 Å². The van der Waals surface area contributed by atoms with Crippen LogP contribution >= 0.6 is 0 Å². The second-order valence-electron chi connectivity index (χ2n) is 0. The van der Waals surface area contributed by atoms with Crippen molar-refractivity contribution in [3.63, 3.8) is 0 Å². The van der Waals surface area contributed by atoms with E-state index in [1.165, 1.54) is 0 Å². The standard InChI is InChI=1S/H3N.OSi.Si/c;1-2;/h1H3;;. The van der Waals surface area contributed by atoms with E-state index in [2.05, 4.69) is 0 Å². The molecule has 0 aromatic rings. The molecular weight excluding hydrogens is 86.2 g/mol. The first-order valence-corrected chi connectivity index (χ1v) is 0.612. The fourth-order valence-electron chi connectivity index (χ4n) is 0. The van der Waals surface area contributed by atoms with Gasteiger partial charge in [-0.25, -0.2) is 0 Å². The lowest BCUT2D eigenvalue weighted by Crippen LogP contribution is -0.969. The maximum absolute atomic E-state index is 8.06. The van der Waals surface area contributed by atoms with Crippen molar-refractivity contribution in [1.82, 2.24) is 6.15 Å². The van der Waals surface area contributed by atoms with E-state index >= 15 is 0 Å². The largest absolute Gasteiger partial charge is 0.381 e. The summed E-state index contributed by atoms with van der Waals surface area (Å²) in [5, 5.41) is 0. The summed E-state index contributed by atoms with van der Waals surface area (Å²) in [6.07, 6.45) is 0. The maximum atomic E-state index is 8.06. The zero-order chi connectivity index (χ0) is 2.00. The average Bonchev–Trinajstić information content (AvgIpc) is 1.00. The van der Waals surface area contributed by atoms with Gasteiger partial charge in [0.2, 0.25) is 0 Å². The molecule has 0 atom stereocenters. The van der Waals surface area contributed by atoms with Gasteiger partial charge in [-0.2, -0.15) is 0 Å². The molecule has 22 valence electrons. The zero-order valence-corrected chi connectivity index (χ0v) is 4.12. The van der Waals surface area contributed by atoms with Gasteiger partial charge in [0.15, 0.2) is 0 Å². The van der Waals surface area contributed by atoms with Crippen LogP contribution in [0.5, 0.6) is 0 Å². The minimum atomic E-state index is 0. The molecule has 0 aromatic heterocycles. The minimum absolute atomic E-state index is 0. The van der Waals surface area contributed by atoms with Crippen LogP contribution in [-0.2, 0) is 4.46 Å². The Morgan fingerprint density at radius 1 is 1.25 bits per heavy atom. The van der Waals surface area contributed by atoms with Gasteiger partial charge < -0.3 is 10.6 Å². The first kappa shape index (κ1) is 30.0. The van der Waals surface area contributed by atoms with Crippen LogP contribution in [0, 0.1) is 0 Å². The van der Waals surface area contributed by atoms with E-state index in [0.29, 0.717) is 0 Å². The summed E-state index contributed by atoms with van der Waals surface area (Å²) in [4.78, 5) is 0. The van der Waals surface area contributed by atoms with Crippen LogP contribution in [-0.4, -0.2) is 21.1 Å². The van der Waals surface area contributed by atoms with E-state index in [4.69, 9.17) is 4.46 Å². The average molecular weight is 89.2 g/mol. The second kappa shape index (κ2) is 409. The van der Waals surface area contributed by atoms with Gasteiger partial charge in [0.25, 0.3) is 0 Å². The molecule has 0 spiro atoms. The van der Waals surface area contributed by atoms with E-state index in [1.54, 1.807) is 10.1 Å². The van der Waals surface area contributed by atoms with E-state index in [1.807, 2.05) is 0 Å². The van der Waals surface area contributed by atoms with Gasteiger partial charge in [0.1, 0.15) is 0 Å². The molecule has 0 saturated carbocycles. The van der Waals surface area contributed by atoms with Gasteiger partial charge >= 0.3 is 10.1 Å². The summed E-state index contributed by atoms with van der Waals surface area (Å²) in [5.74, 6) is 0. The molecule has 0 saturated heterocycles.